The Balaban J connectivity index is 1.55. The molecule has 0 radical (unpaired) electrons. The Morgan fingerprint density at radius 3 is 2.46 bits per heavy atom. The lowest BCUT2D eigenvalue weighted by atomic mass is 9.87. The van der Waals surface area contributed by atoms with Gasteiger partial charge >= 0.3 is 5.97 Å². The molecule has 3 aromatic rings. The maximum Gasteiger partial charge on any atom is 0.335 e. The summed E-state index contributed by atoms with van der Waals surface area (Å²) < 4.78 is 30.8. The first kappa shape index (κ1) is 26.8. The van der Waals surface area contributed by atoms with Crippen LogP contribution < -0.4 is 4.74 Å². The van der Waals surface area contributed by atoms with E-state index in [0.717, 1.165) is 16.3 Å². The highest BCUT2D eigenvalue weighted by Crippen LogP contribution is 2.28. The fourth-order valence-corrected chi connectivity index (χ4v) is 4.44. The van der Waals surface area contributed by atoms with E-state index in [-0.39, 0.29) is 24.2 Å². The number of carbonyl (C=O) groups is 1. The van der Waals surface area contributed by atoms with Crippen LogP contribution in [-0.2, 0) is 32.5 Å². The van der Waals surface area contributed by atoms with E-state index < -0.39 is 17.9 Å². The number of ether oxygens (including phenoxy) is 3. The zero-order valence-corrected chi connectivity index (χ0v) is 21.9. The van der Waals surface area contributed by atoms with Gasteiger partial charge in [-0.05, 0) is 42.5 Å². The Labute approximate surface area is 211 Å². The van der Waals surface area contributed by atoms with Crippen molar-refractivity contribution < 1.29 is 23.4 Å². The normalized spacial score (nSPS) is 12.4. The first-order valence-electron chi connectivity index (χ1n) is 12.0. The summed E-state index contributed by atoms with van der Waals surface area (Å²) in [6.07, 6.45) is 0.0598. The summed E-state index contributed by atoms with van der Waals surface area (Å²) in [6, 6.07) is 13.2. The van der Waals surface area contributed by atoms with Crippen LogP contribution in [0.2, 0.25) is 0 Å². The minimum absolute atomic E-state index is 0.114. The number of thiazole rings is 1. The molecule has 1 unspecified atom stereocenters. The first-order chi connectivity index (χ1) is 16.7. The molecule has 35 heavy (non-hydrogen) atoms. The molecule has 2 aromatic carbocycles. The van der Waals surface area contributed by atoms with Crippen LogP contribution in [0.5, 0.6) is 5.75 Å². The third-order valence-corrected chi connectivity index (χ3v) is 6.44. The molecular formula is C28H34FNO4S. The van der Waals surface area contributed by atoms with Gasteiger partial charge in [0.2, 0.25) is 0 Å². The van der Waals surface area contributed by atoms with Crippen molar-refractivity contribution in [2.24, 2.45) is 0 Å². The lowest BCUT2D eigenvalue weighted by Crippen LogP contribution is -2.29. The molecule has 0 saturated heterocycles. The van der Waals surface area contributed by atoms with Crippen molar-refractivity contribution in [3.05, 3.63) is 70.5 Å². The Bertz CT molecular complexity index is 1100. The van der Waals surface area contributed by atoms with Crippen molar-refractivity contribution in [2.45, 2.75) is 59.0 Å². The fraction of sp³-hybridized carbons (Fsp3) is 0.429. The van der Waals surface area contributed by atoms with Crippen molar-refractivity contribution in [1.82, 2.24) is 4.98 Å². The average Bonchev–Trinajstić information content (AvgIpc) is 3.29. The molecule has 7 heteroatoms. The summed E-state index contributed by atoms with van der Waals surface area (Å²) >= 11 is 1.59. The Morgan fingerprint density at radius 2 is 1.83 bits per heavy atom. The van der Waals surface area contributed by atoms with Crippen molar-refractivity contribution in [1.29, 1.82) is 0 Å². The van der Waals surface area contributed by atoms with Gasteiger partial charge in [-0.15, -0.1) is 11.3 Å². The van der Waals surface area contributed by atoms with E-state index in [0.29, 0.717) is 25.2 Å². The smallest absolute Gasteiger partial charge is 0.335 e. The molecule has 0 saturated carbocycles. The standard InChI is InChI=1S/C28H34FNO4S/c1-6-32-25(27(31)33-7-2)17-19-8-13-24(23(29)16-19)34-15-14-22-18-35-26(30-22)20-9-11-21(12-10-20)28(3,4)5/h8-13,16,18,25H,6-7,14-15,17H2,1-5H3. The molecular weight excluding hydrogens is 465 g/mol. The summed E-state index contributed by atoms with van der Waals surface area (Å²) in [7, 11) is 0. The lowest BCUT2D eigenvalue weighted by molar-refractivity contribution is -0.156. The zero-order valence-electron chi connectivity index (χ0n) is 21.1. The predicted octanol–water partition coefficient (Wildman–Crippen LogP) is 6.38. The van der Waals surface area contributed by atoms with E-state index in [1.54, 1.807) is 37.3 Å². The largest absolute Gasteiger partial charge is 0.490 e. The number of esters is 1. The third-order valence-electron chi connectivity index (χ3n) is 5.50. The number of rotatable bonds is 11. The number of benzene rings is 2. The molecule has 0 aliphatic carbocycles. The van der Waals surface area contributed by atoms with Gasteiger partial charge in [0.25, 0.3) is 0 Å². The van der Waals surface area contributed by atoms with Crippen LogP contribution in [-0.4, -0.2) is 36.9 Å². The van der Waals surface area contributed by atoms with Crippen LogP contribution in [0.15, 0.2) is 47.8 Å². The predicted molar refractivity (Wildman–Crippen MR) is 138 cm³/mol. The summed E-state index contributed by atoms with van der Waals surface area (Å²) in [5, 5.41) is 2.97. The van der Waals surface area contributed by atoms with Crippen molar-refractivity contribution in [3.8, 4) is 16.3 Å². The summed E-state index contributed by atoms with van der Waals surface area (Å²) in [6.45, 7) is 11.1. The number of aromatic nitrogens is 1. The van der Waals surface area contributed by atoms with Gasteiger partial charge in [0.15, 0.2) is 17.7 Å². The second-order valence-electron chi connectivity index (χ2n) is 9.23. The number of halogens is 1. The minimum atomic E-state index is -0.755. The summed E-state index contributed by atoms with van der Waals surface area (Å²) in [5.41, 5.74) is 4.04. The van der Waals surface area contributed by atoms with Crippen molar-refractivity contribution in [2.75, 3.05) is 19.8 Å². The molecule has 0 spiro atoms. The van der Waals surface area contributed by atoms with E-state index in [2.05, 4.69) is 45.0 Å². The maximum absolute atomic E-state index is 14.6. The Hall–Kier alpha value is -2.77. The molecule has 0 fully saturated rings. The van der Waals surface area contributed by atoms with Gasteiger partial charge in [0, 0.05) is 30.4 Å². The maximum atomic E-state index is 14.6. The molecule has 0 bridgehead atoms. The van der Waals surface area contributed by atoms with E-state index in [1.807, 2.05) is 5.38 Å². The van der Waals surface area contributed by atoms with E-state index in [4.69, 9.17) is 19.2 Å². The molecule has 1 aromatic heterocycles. The minimum Gasteiger partial charge on any atom is -0.490 e. The molecule has 1 atom stereocenters. The number of nitrogens with zero attached hydrogens (tertiary/aromatic N) is 1. The quantitative estimate of drug-likeness (QED) is 0.287. The van der Waals surface area contributed by atoms with Gasteiger partial charge < -0.3 is 14.2 Å². The highest BCUT2D eigenvalue weighted by Gasteiger charge is 2.21. The second kappa shape index (κ2) is 12.3. The molecule has 188 valence electrons. The van der Waals surface area contributed by atoms with Gasteiger partial charge in [-0.2, -0.15) is 0 Å². The van der Waals surface area contributed by atoms with Crippen LogP contribution in [0.1, 0.15) is 51.4 Å². The van der Waals surface area contributed by atoms with Gasteiger partial charge in [-0.3, -0.25) is 0 Å². The fourth-order valence-electron chi connectivity index (χ4n) is 3.58. The van der Waals surface area contributed by atoms with Gasteiger partial charge in [0.1, 0.15) is 5.01 Å². The van der Waals surface area contributed by atoms with Crippen LogP contribution in [0, 0.1) is 5.82 Å². The first-order valence-corrected chi connectivity index (χ1v) is 12.8. The van der Waals surface area contributed by atoms with Crippen LogP contribution >= 0.6 is 11.3 Å². The lowest BCUT2D eigenvalue weighted by Gasteiger charge is -2.18. The highest BCUT2D eigenvalue weighted by atomic mass is 32.1. The van der Waals surface area contributed by atoms with Crippen molar-refractivity contribution in [3.63, 3.8) is 0 Å². The van der Waals surface area contributed by atoms with Crippen LogP contribution in [0.3, 0.4) is 0 Å². The number of hydrogen-bond donors (Lipinski definition) is 0. The van der Waals surface area contributed by atoms with Crippen LogP contribution in [0.25, 0.3) is 10.6 Å². The monoisotopic (exact) mass is 499 g/mol. The second-order valence-corrected chi connectivity index (χ2v) is 10.1. The highest BCUT2D eigenvalue weighted by molar-refractivity contribution is 7.13. The van der Waals surface area contributed by atoms with Crippen LogP contribution in [0.4, 0.5) is 4.39 Å². The Kier molecular flexibility index (Phi) is 9.40. The topological polar surface area (TPSA) is 57.7 Å². The molecule has 0 aliphatic heterocycles. The van der Waals surface area contributed by atoms with Crippen molar-refractivity contribution >= 4 is 17.3 Å². The summed E-state index contributed by atoms with van der Waals surface area (Å²) in [4.78, 5) is 16.8. The molecule has 1 heterocycles. The average molecular weight is 500 g/mol. The number of hydrogen-bond acceptors (Lipinski definition) is 6. The van der Waals surface area contributed by atoms with E-state index >= 15 is 0 Å². The van der Waals surface area contributed by atoms with Gasteiger partial charge in [-0.1, -0.05) is 51.1 Å². The number of carbonyl (C=O) groups excluding carboxylic acids is 1. The van der Waals surface area contributed by atoms with E-state index in [1.165, 1.54) is 11.6 Å². The van der Waals surface area contributed by atoms with Gasteiger partial charge in [-0.25, -0.2) is 14.2 Å². The third kappa shape index (κ3) is 7.61. The Morgan fingerprint density at radius 1 is 1.09 bits per heavy atom. The zero-order chi connectivity index (χ0) is 25.4. The molecule has 0 N–H and O–H groups in total. The SMILES string of the molecule is CCOC(=O)C(Cc1ccc(OCCc2csc(-c3ccc(C(C)(C)C)cc3)n2)c(F)c1)OCC. The van der Waals surface area contributed by atoms with E-state index in [9.17, 15) is 9.18 Å². The van der Waals surface area contributed by atoms with Gasteiger partial charge in [0.05, 0.1) is 18.9 Å². The molecule has 5 nitrogen and oxygen atoms in total. The summed E-state index contributed by atoms with van der Waals surface area (Å²) in [5.74, 6) is -0.742. The molecule has 0 aliphatic rings. The molecule has 0 amide bonds. The molecule has 3 rings (SSSR count).